The molecular formula is C18H12Cl2F2N2O. The predicted molar refractivity (Wildman–Crippen MR) is 95.0 cm³/mol. The van der Waals surface area contributed by atoms with Crippen LogP contribution in [0.3, 0.4) is 0 Å². The van der Waals surface area contributed by atoms with Crippen LogP contribution >= 0.6 is 23.2 Å². The maximum Gasteiger partial charge on any atom is 0.269 e. The Morgan fingerprint density at radius 3 is 2.36 bits per heavy atom. The molecule has 0 saturated heterocycles. The highest BCUT2D eigenvalue weighted by atomic mass is 35.5. The van der Waals surface area contributed by atoms with E-state index in [1.54, 1.807) is 19.1 Å². The van der Waals surface area contributed by atoms with Crippen molar-refractivity contribution in [2.75, 3.05) is 0 Å². The van der Waals surface area contributed by atoms with Crippen LogP contribution in [0.1, 0.15) is 6.92 Å². The minimum Gasteiger partial charge on any atom is -0.306 e. The van der Waals surface area contributed by atoms with E-state index < -0.39 is 17.2 Å². The molecule has 0 bridgehead atoms. The maximum atomic E-state index is 14.4. The van der Waals surface area contributed by atoms with Gasteiger partial charge in [-0.25, -0.2) is 13.8 Å². The topological polar surface area (TPSA) is 34.9 Å². The molecule has 0 N–H and O–H groups in total. The van der Waals surface area contributed by atoms with Gasteiger partial charge in [0.25, 0.3) is 5.56 Å². The Bertz CT molecular complexity index is 998. The van der Waals surface area contributed by atoms with Crippen LogP contribution < -0.4 is 5.56 Å². The fraction of sp³-hybridized carbons (Fsp3) is 0.111. The standard InChI is InChI=1S/C18H12Cl2F2N2O/c1-2-24-16(15-13(21)6-3-7-14(15)22)11(9-12(19)18(24)25)10-5-4-8-23-17(10)20/h3-9H,2H2,1H3. The normalized spacial score (nSPS) is 10.9. The Kier molecular flexibility index (Phi) is 4.88. The summed E-state index contributed by atoms with van der Waals surface area (Å²) in [5.41, 5.74) is -0.0273. The van der Waals surface area contributed by atoms with Gasteiger partial charge in [-0.2, -0.15) is 0 Å². The largest absolute Gasteiger partial charge is 0.306 e. The number of aromatic nitrogens is 2. The summed E-state index contributed by atoms with van der Waals surface area (Å²) >= 11 is 12.2. The van der Waals surface area contributed by atoms with Crippen LogP contribution in [0.25, 0.3) is 22.4 Å². The molecule has 0 saturated carbocycles. The Labute approximate surface area is 152 Å². The number of pyridine rings is 2. The zero-order valence-corrected chi connectivity index (χ0v) is 14.6. The lowest BCUT2D eigenvalue weighted by Gasteiger charge is -2.18. The third-order valence-electron chi connectivity index (χ3n) is 3.81. The van der Waals surface area contributed by atoms with Gasteiger partial charge in [0.1, 0.15) is 21.8 Å². The third-order valence-corrected chi connectivity index (χ3v) is 4.38. The fourth-order valence-electron chi connectivity index (χ4n) is 2.72. The van der Waals surface area contributed by atoms with Crippen LogP contribution in [0.2, 0.25) is 10.2 Å². The summed E-state index contributed by atoms with van der Waals surface area (Å²) in [6.45, 7) is 1.86. The molecule has 3 aromatic rings. The number of hydrogen-bond donors (Lipinski definition) is 0. The lowest BCUT2D eigenvalue weighted by Crippen LogP contribution is -2.23. The van der Waals surface area contributed by atoms with Crippen molar-refractivity contribution in [3.63, 3.8) is 0 Å². The van der Waals surface area contributed by atoms with E-state index in [1.807, 2.05) is 0 Å². The van der Waals surface area contributed by atoms with E-state index in [2.05, 4.69) is 4.98 Å². The lowest BCUT2D eigenvalue weighted by molar-refractivity contribution is 0.584. The van der Waals surface area contributed by atoms with Crippen molar-refractivity contribution in [2.45, 2.75) is 13.5 Å². The average Bonchev–Trinajstić information content (AvgIpc) is 2.58. The van der Waals surface area contributed by atoms with Crippen molar-refractivity contribution in [1.29, 1.82) is 0 Å². The van der Waals surface area contributed by atoms with Gasteiger partial charge in [-0.1, -0.05) is 29.3 Å². The van der Waals surface area contributed by atoms with Gasteiger partial charge in [-0.15, -0.1) is 0 Å². The minimum absolute atomic E-state index is 0.0717. The molecule has 0 amide bonds. The molecule has 0 radical (unpaired) electrons. The number of hydrogen-bond acceptors (Lipinski definition) is 2. The smallest absolute Gasteiger partial charge is 0.269 e. The van der Waals surface area contributed by atoms with Crippen molar-refractivity contribution in [1.82, 2.24) is 9.55 Å². The van der Waals surface area contributed by atoms with E-state index in [1.165, 1.54) is 22.9 Å². The van der Waals surface area contributed by atoms with Crippen molar-refractivity contribution in [3.8, 4) is 22.4 Å². The van der Waals surface area contributed by atoms with E-state index in [0.717, 1.165) is 12.1 Å². The molecule has 3 nitrogen and oxygen atoms in total. The van der Waals surface area contributed by atoms with Gasteiger partial charge >= 0.3 is 0 Å². The number of rotatable bonds is 3. The second-order valence-corrected chi connectivity index (χ2v) is 6.01. The first-order valence-corrected chi connectivity index (χ1v) is 8.20. The molecule has 0 fully saturated rings. The van der Waals surface area contributed by atoms with Crippen molar-refractivity contribution >= 4 is 23.2 Å². The molecule has 0 aliphatic rings. The zero-order valence-electron chi connectivity index (χ0n) is 13.1. The van der Waals surface area contributed by atoms with Crippen LogP contribution in [-0.4, -0.2) is 9.55 Å². The monoisotopic (exact) mass is 380 g/mol. The molecule has 0 unspecified atom stereocenters. The SMILES string of the molecule is CCn1c(-c2c(F)cccc2F)c(-c2cccnc2Cl)cc(Cl)c1=O. The second kappa shape index (κ2) is 6.94. The molecule has 2 aromatic heterocycles. The quantitative estimate of drug-likeness (QED) is 0.586. The van der Waals surface area contributed by atoms with Crippen LogP contribution in [0.15, 0.2) is 47.4 Å². The molecule has 7 heteroatoms. The van der Waals surface area contributed by atoms with Crippen LogP contribution in [0.4, 0.5) is 8.78 Å². The summed E-state index contributed by atoms with van der Waals surface area (Å²) in [6, 6.07) is 8.17. The van der Waals surface area contributed by atoms with Gasteiger partial charge in [-0.3, -0.25) is 4.79 Å². The molecule has 0 aliphatic carbocycles. The van der Waals surface area contributed by atoms with Gasteiger partial charge < -0.3 is 4.57 Å². The number of nitrogens with zero attached hydrogens (tertiary/aromatic N) is 2. The van der Waals surface area contributed by atoms with Gasteiger partial charge in [0.05, 0.1) is 11.3 Å². The highest BCUT2D eigenvalue weighted by Crippen LogP contribution is 2.37. The summed E-state index contributed by atoms with van der Waals surface area (Å²) in [4.78, 5) is 16.4. The molecule has 0 spiro atoms. The van der Waals surface area contributed by atoms with Crippen LogP contribution in [0.5, 0.6) is 0 Å². The van der Waals surface area contributed by atoms with E-state index in [4.69, 9.17) is 23.2 Å². The van der Waals surface area contributed by atoms with E-state index in [0.29, 0.717) is 11.1 Å². The van der Waals surface area contributed by atoms with Gasteiger partial charge in [0.2, 0.25) is 0 Å². The number of halogens is 4. The highest BCUT2D eigenvalue weighted by Gasteiger charge is 2.23. The lowest BCUT2D eigenvalue weighted by atomic mass is 9.99. The maximum absolute atomic E-state index is 14.4. The zero-order chi connectivity index (χ0) is 18.1. The van der Waals surface area contributed by atoms with Gasteiger partial charge in [-0.05, 0) is 37.3 Å². The molecular weight excluding hydrogens is 369 g/mol. The molecule has 128 valence electrons. The van der Waals surface area contributed by atoms with Crippen LogP contribution in [0, 0.1) is 11.6 Å². The van der Waals surface area contributed by atoms with Crippen molar-refractivity contribution in [3.05, 3.63) is 74.8 Å². The summed E-state index contributed by atoms with van der Waals surface area (Å²) in [7, 11) is 0. The Morgan fingerprint density at radius 2 is 1.76 bits per heavy atom. The first-order valence-electron chi connectivity index (χ1n) is 7.44. The summed E-state index contributed by atoms with van der Waals surface area (Å²) in [6.07, 6.45) is 1.49. The first-order chi connectivity index (χ1) is 12.0. The predicted octanol–water partition coefficient (Wildman–Crippen LogP) is 5.18. The minimum atomic E-state index is -0.787. The highest BCUT2D eigenvalue weighted by molar-refractivity contribution is 6.33. The van der Waals surface area contributed by atoms with E-state index in [-0.39, 0.29) is 28.0 Å². The average molecular weight is 381 g/mol. The summed E-state index contributed by atoms with van der Waals surface area (Å²) < 4.78 is 30.1. The molecule has 0 atom stereocenters. The van der Waals surface area contributed by atoms with E-state index in [9.17, 15) is 13.6 Å². The van der Waals surface area contributed by atoms with Gasteiger partial charge in [0.15, 0.2) is 0 Å². The third kappa shape index (κ3) is 3.05. The summed E-state index contributed by atoms with van der Waals surface area (Å²) in [5.74, 6) is -1.57. The molecule has 3 rings (SSSR count). The Morgan fingerprint density at radius 1 is 1.08 bits per heavy atom. The first kappa shape index (κ1) is 17.6. The Hall–Kier alpha value is -2.24. The molecule has 2 heterocycles. The summed E-state index contributed by atoms with van der Waals surface area (Å²) in [5, 5.41) is 0.0649. The van der Waals surface area contributed by atoms with Gasteiger partial charge in [0, 0.05) is 23.9 Å². The van der Waals surface area contributed by atoms with E-state index >= 15 is 0 Å². The fourth-order valence-corrected chi connectivity index (χ4v) is 3.15. The molecule has 1 aromatic carbocycles. The van der Waals surface area contributed by atoms with Crippen LogP contribution in [-0.2, 0) is 6.54 Å². The molecule has 0 aliphatic heterocycles. The molecule has 25 heavy (non-hydrogen) atoms. The second-order valence-electron chi connectivity index (χ2n) is 5.24. The Balaban J connectivity index is 2.51. The van der Waals surface area contributed by atoms with Crippen molar-refractivity contribution < 1.29 is 8.78 Å². The van der Waals surface area contributed by atoms with Crippen molar-refractivity contribution in [2.24, 2.45) is 0 Å². The number of benzene rings is 1.